The van der Waals surface area contributed by atoms with Crippen LogP contribution in [0.5, 0.6) is 0 Å². The molecule has 1 aliphatic rings. The fourth-order valence-electron chi connectivity index (χ4n) is 3.09. The van der Waals surface area contributed by atoms with E-state index in [2.05, 4.69) is 5.32 Å². The average molecular weight is 380 g/mol. The average Bonchev–Trinajstić information content (AvgIpc) is 3.09. The Kier molecular flexibility index (Phi) is 6.09. The smallest absolute Gasteiger partial charge is 0.312 e. The maximum absolute atomic E-state index is 12.4. The molecule has 1 heterocycles. The SMILES string of the molecule is Cc1ccc(N2CC(C(=O)OC(C)C(=O)NCc3ccccc3)CC2=O)cc1. The third-order valence-corrected chi connectivity index (χ3v) is 4.78. The molecular weight excluding hydrogens is 356 g/mol. The highest BCUT2D eigenvalue weighted by Crippen LogP contribution is 2.26. The number of esters is 1. The Morgan fingerprint density at radius 3 is 2.50 bits per heavy atom. The van der Waals surface area contributed by atoms with Gasteiger partial charge in [0.25, 0.3) is 5.91 Å². The molecule has 0 saturated carbocycles. The zero-order valence-electron chi connectivity index (χ0n) is 16.1. The molecule has 0 spiro atoms. The summed E-state index contributed by atoms with van der Waals surface area (Å²) >= 11 is 0. The highest BCUT2D eigenvalue weighted by atomic mass is 16.5. The molecule has 2 aromatic carbocycles. The van der Waals surface area contributed by atoms with Gasteiger partial charge in [0.1, 0.15) is 0 Å². The molecule has 2 atom stereocenters. The quantitative estimate of drug-likeness (QED) is 0.782. The van der Waals surface area contributed by atoms with Gasteiger partial charge in [-0.15, -0.1) is 0 Å². The number of ether oxygens (including phenoxy) is 1. The van der Waals surface area contributed by atoms with Crippen molar-refractivity contribution < 1.29 is 19.1 Å². The molecule has 0 bridgehead atoms. The Hall–Kier alpha value is -3.15. The van der Waals surface area contributed by atoms with E-state index in [1.54, 1.807) is 4.90 Å². The first-order valence-corrected chi connectivity index (χ1v) is 9.33. The van der Waals surface area contributed by atoms with Crippen molar-refractivity contribution in [3.05, 3.63) is 65.7 Å². The number of benzene rings is 2. The molecule has 0 aliphatic carbocycles. The number of hydrogen-bond acceptors (Lipinski definition) is 4. The number of anilines is 1. The van der Waals surface area contributed by atoms with E-state index in [0.29, 0.717) is 6.54 Å². The molecule has 0 radical (unpaired) electrons. The number of nitrogens with one attached hydrogen (secondary N) is 1. The highest BCUT2D eigenvalue weighted by Gasteiger charge is 2.37. The number of carbonyl (C=O) groups excluding carboxylic acids is 3. The summed E-state index contributed by atoms with van der Waals surface area (Å²) in [5, 5.41) is 2.75. The van der Waals surface area contributed by atoms with Gasteiger partial charge >= 0.3 is 5.97 Å². The first kappa shape index (κ1) is 19.6. The Morgan fingerprint density at radius 1 is 1.14 bits per heavy atom. The van der Waals surface area contributed by atoms with Crippen LogP contribution in [-0.4, -0.2) is 30.4 Å². The van der Waals surface area contributed by atoms with Crippen LogP contribution in [0.1, 0.15) is 24.5 Å². The number of rotatable bonds is 6. The summed E-state index contributed by atoms with van der Waals surface area (Å²) < 4.78 is 5.31. The van der Waals surface area contributed by atoms with E-state index in [-0.39, 0.29) is 24.8 Å². The minimum Gasteiger partial charge on any atom is -0.452 e. The molecule has 1 saturated heterocycles. The Balaban J connectivity index is 1.52. The molecule has 146 valence electrons. The number of amides is 2. The zero-order valence-corrected chi connectivity index (χ0v) is 16.1. The zero-order chi connectivity index (χ0) is 20.1. The van der Waals surface area contributed by atoms with Crippen LogP contribution in [0.2, 0.25) is 0 Å². The number of carbonyl (C=O) groups is 3. The van der Waals surface area contributed by atoms with Crippen molar-refractivity contribution in [2.45, 2.75) is 32.9 Å². The van der Waals surface area contributed by atoms with Crippen molar-refractivity contribution in [2.75, 3.05) is 11.4 Å². The molecular formula is C22H24N2O4. The summed E-state index contributed by atoms with van der Waals surface area (Å²) in [6, 6.07) is 17.1. The number of hydrogen-bond donors (Lipinski definition) is 1. The van der Waals surface area contributed by atoms with Crippen molar-refractivity contribution in [2.24, 2.45) is 5.92 Å². The van der Waals surface area contributed by atoms with Crippen LogP contribution in [0.3, 0.4) is 0 Å². The summed E-state index contributed by atoms with van der Waals surface area (Å²) in [6.07, 6.45) is -0.829. The summed E-state index contributed by atoms with van der Waals surface area (Å²) in [6.45, 7) is 4.14. The lowest BCUT2D eigenvalue weighted by atomic mass is 10.1. The molecule has 3 rings (SSSR count). The second kappa shape index (κ2) is 8.69. The van der Waals surface area contributed by atoms with Crippen LogP contribution >= 0.6 is 0 Å². The van der Waals surface area contributed by atoms with E-state index in [1.807, 2.05) is 61.5 Å². The molecule has 1 aliphatic heterocycles. The summed E-state index contributed by atoms with van der Waals surface area (Å²) in [5.74, 6) is -1.58. The first-order chi connectivity index (χ1) is 13.4. The summed E-state index contributed by atoms with van der Waals surface area (Å²) in [5.41, 5.74) is 2.82. The molecule has 0 aromatic heterocycles. The molecule has 2 amide bonds. The van der Waals surface area contributed by atoms with Crippen LogP contribution in [0.25, 0.3) is 0 Å². The van der Waals surface area contributed by atoms with Crippen LogP contribution in [0.4, 0.5) is 5.69 Å². The lowest BCUT2D eigenvalue weighted by molar-refractivity contribution is -0.158. The van der Waals surface area contributed by atoms with E-state index in [1.165, 1.54) is 6.92 Å². The van der Waals surface area contributed by atoms with E-state index >= 15 is 0 Å². The Labute approximate surface area is 164 Å². The minimum absolute atomic E-state index is 0.0884. The fraction of sp³-hybridized carbons (Fsp3) is 0.318. The largest absolute Gasteiger partial charge is 0.452 e. The normalized spacial score (nSPS) is 17.3. The third kappa shape index (κ3) is 4.76. The Morgan fingerprint density at radius 2 is 1.82 bits per heavy atom. The molecule has 6 nitrogen and oxygen atoms in total. The second-order valence-electron chi connectivity index (χ2n) is 7.02. The van der Waals surface area contributed by atoms with Gasteiger partial charge in [-0.25, -0.2) is 0 Å². The second-order valence-corrected chi connectivity index (χ2v) is 7.02. The van der Waals surface area contributed by atoms with Gasteiger partial charge in [-0.2, -0.15) is 0 Å². The fourth-order valence-corrected chi connectivity index (χ4v) is 3.09. The Bertz CT molecular complexity index is 849. The summed E-state index contributed by atoms with van der Waals surface area (Å²) in [7, 11) is 0. The van der Waals surface area contributed by atoms with Crippen molar-refractivity contribution in [3.63, 3.8) is 0 Å². The van der Waals surface area contributed by atoms with Crippen LogP contribution in [-0.2, 0) is 25.7 Å². The highest BCUT2D eigenvalue weighted by molar-refractivity contribution is 5.99. The maximum Gasteiger partial charge on any atom is 0.312 e. The molecule has 1 N–H and O–H groups in total. The van der Waals surface area contributed by atoms with Crippen molar-refractivity contribution in [1.29, 1.82) is 0 Å². The van der Waals surface area contributed by atoms with E-state index < -0.39 is 18.0 Å². The molecule has 2 aromatic rings. The number of nitrogens with zero attached hydrogens (tertiary/aromatic N) is 1. The first-order valence-electron chi connectivity index (χ1n) is 9.33. The minimum atomic E-state index is -0.917. The molecule has 28 heavy (non-hydrogen) atoms. The van der Waals surface area contributed by atoms with Gasteiger partial charge in [0.2, 0.25) is 5.91 Å². The molecule has 1 fully saturated rings. The third-order valence-electron chi connectivity index (χ3n) is 4.78. The van der Waals surface area contributed by atoms with Gasteiger partial charge in [-0.05, 0) is 31.5 Å². The number of aryl methyl sites for hydroxylation is 1. The van der Waals surface area contributed by atoms with E-state index in [9.17, 15) is 14.4 Å². The van der Waals surface area contributed by atoms with Crippen molar-refractivity contribution in [3.8, 4) is 0 Å². The van der Waals surface area contributed by atoms with Gasteiger partial charge in [-0.3, -0.25) is 14.4 Å². The summed E-state index contributed by atoms with van der Waals surface area (Å²) in [4.78, 5) is 38.5. The lowest BCUT2D eigenvalue weighted by Gasteiger charge is -2.18. The van der Waals surface area contributed by atoms with Crippen molar-refractivity contribution >= 4 is 23.5 Å². The van der Waals surface area contributed by atoms with E-state index in [4.69, 9.17) is 4.74 Å². The molecule has 2 unspecified atom stereocenters. The molecule has 6 heteroatoms. The maximum atomic E-state index is 12.4. The topological polar surface area (TPSA) is 75.7 Å². The predicted octanol–water partition coefficient (Wildman–Crippen LogP) is 2.60. The van der Waals surface area contributed by atoms with Gasteiger partial charge < -0.3 is 15.0 Å². The predicted molar refractivity (Wildman–Crippen MR) is 105 cm³/mol. The lowest BCUT2D eigenvalue weighted by Crippen LogP contribution is -2.37. The van der Waals surface area contributed by atoms with Gasteiger partial charge in [0.05, 0.1) is 5.92 Å². The van der Waals surface area contributed by atoms with Gasteiger partial charge in [0, 0.05) is 25.2 Å². The van der Waals surface area contributed by atoms with Gasteiger partial charge in [-0.1, -0.05) is 48.0 Å². The van der Waals surface area contributed by atoms with E-state index in [0.717, 1.165) is 16.8 Å². The monoisotopic (exact) mass is 380 g/mol. The standard InChI is InChI=1S/C22H24N2O4/c1-15-8-10-19(11-9-15)24-14-18(12-20(24)25)22(27)28-16(2)21(26)23-13-17-6-4-3-5-7-17/h3-11,16,18H,12-14H2,1-2H3,(H,23,26). The van der Waals surface area contributed by atoms with Crippen LogP contribution < -0.4 is 10.2 Å². The van der Waals surface area contributed by atoms with Crippen LogP contribution in [0, 0.1) is 12.8 Å². The van der Waals surface area contributed by atoms with Crippen molar-refractivity contribution in [1.82, 2.24) is 5.32 Å². The van der Waals surface area contributed by atoms with Gasteiger partial charge in [0.15, 0.2) is 6.10 Å². The van der Waals surface area contributed by atoms with Crippen LogP contribution in [0.15, 0.2) is 54.6 Å².